The van der Waals surface area contributed by atoms with Crippen LogP contribution in [0.3, 0.4) is 0 Å². The van der Waals surface area contributed by atoms with E-state index in [-0.39, 0.29) is 4.57 Å². The summed E-state index contributed by atoms with van der Waals surface area (Å²) in [5.41, 5.74) is 3.57. The molecule has 5 rings (SSSR count). The number of hydrogen-bond donors (Lipinski definition) is 0. The van der Waals surface area contributed by atoms with E-state index in [4.69, 9.17) is 16.6 Å². The molecule has 0 amide bonds. The molecule has 0 radical (unpaired) electrons. The van der Waals surface area contributed by atoms with Crippen LogP contribution in [0.4, 0.5) is 8.78 Å². The number of nitrogens with zero attached hydrogens (tertiary/aromatic N) is 4. The van der Waals surface area contributed by atoms with Gasteiger partial charge in [0, 0.05) is 0 Å². The molecule has 0 spiro atoms. The Kier molecular flexibility index (Phi) is 5.20. The molecule has 1 aliphatic rings. The molecular weight excluding hydrogens is 481 g/mol. The van der Waals surface area contributed by atoms with Crippen molar-refractivity contribution in [2.45, 2.75) is 35.8 Å². The second-order valence-corrected chi connectivity index (χ2v) is 10.4. The number of pyridine rings is 1. The summed E-state index contributed by atoms with van der Waals surface area (Å²) in [6.45, 7) is 0. The fourth-order valence-corrected chi connectivity index (χ4v) is 5.99. The first-order valence-corrected chi connectivity index (χ1v) is 12.2. The minimum absolute atomic E-state index is 0.134. The summed E-state index contributed by atoms with van der Waals surface area (Å²) in [6, 6.07) is 12.1. The molecule has 0 atom stereocenters. The van der Waals surface area contributed by atoms with Crippen LogP contribution < -0.4 is 0 Å². The van der Waals surface area contributed by atoms with Gasteiger partial charge in [-0.05, 0) is 0 Å². The van der Waals surface area contributed by atoms with Gasteiger partial charge in [-0.25, -0.2) is 0 Å². The minimum atomic E-state index is -2.57. The van der Waals surface area contributed by atoms with Gasteiger partial charge >= 0.3 is 181 Å². The van der Waals surface area contributed by atoms with Crippen LogP contribution in [0.1, 0.15) is 41.0 Å². The Morgan fingerprint density at radius 3 is 2.69 bits per heavy atom. The van der Waals surface area contributed by atoms with Crippen LogP contribution in [0.5, 0.6) is 0 Å². The van der Waals surface area contributed by atoms with Crippen molar-refractivity contribution in [3.8, 4) is 10.3 Å². The number of alkyl halides is 2. The molecule has 0 bridgehead atoms. The van der Waals surface area contributed by atoms with Crippen molar-refractivity contribution >= 4 is 43.5 Å². The summed E-state index contributed by atoms with van der Waals surface area (Å²) >= 11 is 7.63. The Morgan fingerprint density at radius 2 is 2.00 bits per heavy atom. The third kappa shape index (κ3) is 3.87. The molecular formula is C20H15ClF2N4SSe. The number of benzene rings is 1. The van der Waals surface area contributed by atoms with Gasteiger partial charge in [0.1, 0.15) is 0 Å². The van der Waals surface area contributed by atoms with Crippen molar-refractivity contribution in [3.05, 3.63) is 63.4 Å². The van der Waals surface area contributed by atoms with Crippen LogP contribution in [0.2, 0.25) is 5.02 Å². The van der Waals surface area contributed by atoms with E-state index in [2.05, 4.69) is 22.3 Å². The van der Waals surface area contributed by atoms with Gasteiger partial charge in [-0.2, -0.15) is 0 Å². The number of aromatic nitrogens is 4. The van der Waals surface area contributed by atoms with E-state index in [9.17, 15) is 8.78 Å². The van der Waals surface area contributed by atoms with E-state index < -0.39 is 20.9 Å². The van der Waals surface area contributed by atoms with Crippen LogP contribution >= 0.6 is 23.4 Å². The Bertz CT molecular complexity index is 1170. The summed E-state index contributed by atoms with van der Waals surface area (Å²) in [5.74, 6) is 1.15. The first-order chi connectivity index (χ1) is 14.1. The van der Waals surface area contributed by atoms with Gasteiger partial charge in [-0.1, -0.05) is 0 Å². The van der Waals surface area contributed by atoms with Gasteiger partial charge in [0.25, 0.3) is 0 Å². The third-order valence-electron chi connectivity index (χ3n) is 4.72. The Morgan fingerprint density at radius 1 is 1.21 bits per heavy atom. The third-order valence-corrected chi connectivity index (χ3v) is 8.00. The van der Waals surface area contributed by atoms with Crippen LogP contribution in [-0.2, 0) is 5.75 Å². The molecule has 1 aliphatic carbocycles. The Balaban J connectivity index is 1.58. The van der Waals surface area contributed by atoms with E-state index >= 15 is 0 Å². The quantitative estimate of drug-likeness (QED) is 0.258. The van der Waals surface area contributed by atoms with Gasteiger partial charge in [0.2, 0.25) is 0 Å². The SMILES string of the molecule is FC(F)c1nnc(-c2c(C3CC3)nc3c(Cl)cc(SCc4ccccc4)cn23)[se]1. The van der Waals surface area contributed by atoms with Gasteiger partial charge < -0.3 is 0 Å². The molecule has 1 fully saturated rings. The summed E-state index contributed by atoms with van der Waals surface area (Å²) in [4.78, 5) is 5.75. The predicted octanol–water partition coefficient (Wildman–Crippen LogP) is 5.61. The zero-order valence-electron chi connectivity index (χ0n) is 15.1. The van der Waals surface area contributed by atoms with E-state index in [1.807, 2.05) is 34.9 Å². The molecule has 0 N–H and O–H groups in total. The molecule has 1 saturated carbocycles. The second kappa shape index (κ2) is 7.84. The molecule has 148 valence electrons. The summed E-state index contributed by atoms with van der Waals surface area (Å²) < 4.78 is 28.6. The van der Waals surface area contributed by atoms with Crippen molar-refractivity contribution < 1.29 is 8.78 Å². The van der Waals surface area contributed by atoms with Crippen molar-refractivity contribution in [1.82, 2.24) is 19.6 Å². The maximum absolute atomic E-state index is 13.1. The number of imidazole rings is 1. The molecule has 0 unspecified atom stereocenters. The number of hydrogen-bond acceptors (Lipinski definition) is 4. The average Bonchev–Trinajstić information content (AvgIpc) is 3.31. The molecule has 9 heteroatoms. The van der Waals surface area contributed by atoms with Crippen LogP contribution in [0.25, 0.3) is 15.9 Å². The van der Waals surface area contributed by atoms with Crippen LogP contribution in [0.15, 0.2) is 47.5 Å². The maximum atomic E-state index is 13.1. The first-order valence-electron chi connectivity index (χ1n) is 9.10. The van der Waals surface area contributed by atoms with Crippen molar-refractivity contribution in [2.24, 2.45) is 0 Å². The number of thioether (sulfide) groups is 1. The molecule has 0 saturated heterocycles. The number of halogens is 3. The molecule has 0 aliphatic heterocycles. The van der Waals surface area contributed by atoms with Crippen molar-refractivity contribution in [3.63, 3.8) is 0 Å². The van der Waals surface area contributed by atoms with Gasteiger partial charge in [0.15, 0.2) is 0 Å². The van der Waals surface area contributed by atoms with E-state index in [1.54, 1.807) is 11.8 Å². The fourth-order valence-electron chi connectivity index (χ4n) is 3.19. The van der Waals surface area contributed by atoms with E-state index in [1.165, 1.54) is 5.56 Å². The molecule has 4 aromatic rings. The molecule has 1 aromatic carbocycles. The standard InChI is InChI=1S/C20H15ClF2N4SSe/c21-14-8-13(28-10-11-4-2-1-3-5-11)9-27-16(15(12-6-7-12)24-18(14)27)19-25-26-20(29-19)17(22)23/h1-5,8-9,12,17H,6-7,10H2. The van der Waals surface area contributed by atoms with Gasteiger partial charge in [-0.15, -0.1) is 0 Å². The summed E-state index contributed by atoms with van der Waals surface area (Å²) in [7, 11) is 0. The summed E-state index contributed by atoms with van der Waals surface area (Å²) in [5, 5.41) is 8.37. The summed E-state index contributed by atoms with van der Waals surface area (Å²) in [6.07, 6.45) is 1.52. The predicted molar refractivity (Wildman–Crippen MR) is 111 cm³/mol. The van der Waals surface area contributed by atoms with Gasteiger partial charge in [0.05, 0.1) is 0 Å². The normalized spacial score (nSPS) is 14.2. The van der Waals surface area contributed by atoms with E-state index in [0.29, 0.717) is 21.2 Å². The van der Waals surface area contributed by atoms with Crippen LogP contribution in [0, 0.1) is 0 Å². The second-order valence-electron chi connectivity index (χ2n) is 6.86. The zero-order chi connectivity index (χ0) is 20.0. The molecule has 3 heterocycles. The van der Waals surface area contributed by atoms with E-state index in [0.717, 1.165) is 34.9 Å². The number of fused-ring (bicyclic) bond motifs is 1. The number of rotatable bonds is 6. The fraction of sp³-hybridized carbons (Fsp3) is 0.250. The molecule has 3 aromatic heterocycles. The topological polar surface area (TPSA) is 43.1 Å². The van der Waals surface area contributed by atoms with Gasteiger partial charge in [-0.3, -0.25) is 0 Å². The Hall–Kier alpha value is -1.73. The Labute approximate surface area is 181 Å². The monoisotopic (exact) mass is 496 g/mol. The van der Waals surface area contributed by atoms with Crippen molar-refractivity contribution in [2.75, 3.05) is 0 Å². The molecule has 29 heavy (non-hydrogen) atoms. The zero-order valence-corrected chi connectivity index (χ0v) is 18.3. The first kappa shape index (κ1) is 19.2. The average molecular weight is 496 g/mol. The van der Waals surface area contributed by atoms with Crippen LogP contribution in [-0.4, -0.2) is 34.1 Å². The van der Waals surface area contributed by atoms with Crippen molar-refractivity contribution in [1.29, 1.82) is 0 Å². The molecule has 4 nitrogen and oxygen atoms in total.